The number of hydrogen-bond acceptors (Lipinski definition) is 6. The molecular formula is C25H27FN4O3. The zero-order valence-corrected chi connectivity index (χ0v) is 18.8. The van der Waals surface area contributed by atoms with Gasteiger partial charge in [0.25, 0.3) is 5.91 Å². The molecule has 1 aliphatic heterocycles. The molecule has 0 spiro atoms. The Balaban J connectivity index is 1.36. The highest BCUT2D eigenvalue weighted by molar-refractivity contribution is 5.95. The molecule has 1 saturated heterocycles. The average Bonchev–Trinajstić information content (AvgIpc) is 3.26. The number of carbonyl (C=O) groups excluding carboxylic acids is 1. The number of halogens is 1. The molecule has 3 aromatic rings. The van der Waals surface area contributed by atoms with Gasteiger partial charge >= 0.3 is 0 Å². The van der Waals surface area contributed by atoms with E-state index in [0.717, 1.165) is 55.3 Å². The molecule has 8 heteroatoms. The number of benzene rings is 2. The summed E-state index contributed by atoms with van der Waals surface area (Å²) < 4.78 is 23.9. The molecule has 1 fully saturated rings. The zero-order valence-electron chi connectivity index (χ0n) is 18.8. The first-order valence-corrected chi connectivity index (χ1v) is 10.8. The van der Waals surface area contributed by atoms with E-state index in [1.54, 1.807) is 26.3 Å². The van der Waals surface area contributed by atoms with Crippen LogP contribution >= 0.6 is 0 Å². The number of amides is 1. The Bertz CT molecular complexity index is 1120. The lowest BCUT2D eigenvalue weighted by molar-refractivity contribution is 0.0953. The van der Waals surface area contributed by atoms with Gasteiger partial charge in [0.1, 0.15) is 17.3 Å². The zero-order chi connectivity index (χ0) is 23.2. The summed E-state index contributed by atoms with van der Waals surface area (Å²) in [5, 5.41) is 4.08. The van der Waals surface area contributed by atoms with Gasteiger partial charge in [-0.05, 0) is 61.0 Å². The molecule has 1 amide bonds. The maximum absolute atomic E-state index is 13.2. The molecule has 7 nitrogen and oxygen atoms in total. The molecule has 1 aromatic heterocycles. The lowest BCUT2D eigenvalue weighted by Gasteiger charge is -2.36. The number of nitrogens with zero attached hydrogens (tertiary/aromatic N) is 3. The minimum absolute atomic E-state index is 0.218. The van der Waals surface area contributed by atoms with E-state index in [2.05, 4.69) is 20.3 Å². The smallest absolute Gasteiger partial charge is 0.274 e. The van der Waals surface area contributed by atoms with Crippen molar-refractivity contribution in [2.75, 3.05) is 38.2 Å². The monoisotopic (exact) mass is 450 g/mol. The topological polar surface area (TPSA) is 70.3 Å². The van der Waals surface area contributed by atoms with Crippen LogP contribution in [-0.2, 0) is 6.54 Å². The Labute approximate surface area is 192 Å². The van der Waals surface area contributed by atoms with E-state index in [1.807, 2.05) is 30.3 Å². The SMILES string of the molecule is COc1ccc(/C=N\NC(=O)c2ccoc2C)cc1CN1CCN(c2ccc(F)cc2)CC1. The molecule has 0 radical (unpaired) electrons. The van der Waals surface area contributed by atoms with Gasteiger partial charge in [0, 0.05) is 44.0 Å². The van der Waals surface area contributed by atoms with E-state index in [4.69, 9.17) is 9.15 Å². The number of ether oxygens (including phenoxy) is 1. The Morgan fingerprint density at radius 2 is 1.91 bits per heavy atom. The fourth-order valence-corrected chi connectivity index (χ4v) is 3.91. The van der Waals surface area contributed by atoms with Gasteiger partial charge in [-0.2, -0.15) is 5.10 Å². The summed E-state index contributed by atoms with van der Waals surface area (Å²) >= 11 is 0. The highest BCUT2D eigenvalue weighted by Gasteiger charge is 2.19. The number of methoxy groups -OCH3 is 1. The number of nitrogens with one attached hydrogen (secondary N) is 1. The number of hydrogen-bond donors (Lipinski definition) is 1. The molecule has 172 valence electrons. The van der Waals surface area contributed by atoms with Crippen LogP contribution in [0, 0.1) is 12.7 Å². The van der Waals surface area contributed by atoms with Gasteiger partial charge in [-0.3, -0.25) is 9.69 Å². The molecule has 2 aromatic carbocycles. The van der Waals surface area contributed by atoms with Gasteiger partial charge in [-0.1, -0.05) is 0 Å². The Hall–Kier alpha value is -3.65. The Morgan fingerprint density at radius 1 is 1.15 bits per heavy atom. The van der Waals surface area contributed by atoms with Crippen LogP contribution in [0.2, 0.25) is 0 Å². The van der Waals surface area contributed by atoms with Crippen molar-refractivity contribution in [3.63, 3.8) is 0 Å². The van der Waals surface area contributed by atoms with Crippen molar-refractivity contribution in [2.45, 2.75) is 13.5 Å². The predicted molar refractivity (Wildman–Crippen MR) is 125 cm³/mol. The van der Waals surface area contributed by atoms with Crippen LogP contribution < -0.4 is 15.1 Å². The van der Waals surface area contributed by atoms with Crippen LogP contribution in [-0.4, -0.2) is 50.3 Å². The van der Waals surface area contributed by atoms with E-state index < -0.39 is 0 Å². The minimum atomic E-state index is -0.315. The first-order valence-electron chi connectivity index (χ1n) is 10.8. The first-order chi connectivity index (χ1) is 16.0. The molecule has 0 unspecified atom stereocenters. The summed E-state index contributed by atoms with van der Waals surface area (Å²) in [6, 6.07) is 14.1. The normalized spacial score (nSPS) is 14.6. The standard InChI is InChI=1S/C25H27FN4O3/c1-18-23(9-14-33-18)25(31)28-27-16-19-3-8-24(32-2)20(15-19)17-29-10-12-30(13-11-29)22-6-4-21(26)5-7-22/h3-9,14-16H,10-13,17H2,1-2H3,(H,28,31)/b27-16-. The summed E-state index contributed by atoms with van der Waals surface area (Å²) in [7, 11) is 1.66. The van der Waals surface area contributed by atoms with Crippen molar-refractivity contribution < 1.29 is 18.3 Å². The lowest BCUT2D eigenvalue weighted by atomic mass is 10.1. The lowest BCUT2D eigenvalue weighted by Crippen LogP contribution is -2.46. The molecule has 1 aliphatic rings. The number of piperazine rings is 1. The molecule has 0 aliphatic carbocycles. The molecule has 33 heavy (non-hydrogen) atoms. The molecule has 4 rings (SSSR count). The second kappa shape index (κ2) is 10.3. The Morgan fingerprint density at radius 3 is 2.58 bits per heavy atom. The molecule has 0 atom stereocenters. The number of carbonyl (C=O) groups is 1. The Kier molecular flexibility index (Phi) is 7.04. The van der Waals surface area contributed by atoms with Crippen molar-refractivity contribution in [1.29, 1.82) is 0 Å². The van der Waals surface area contributed by atoms with Gasteiger partial charge in [0.05, 0.1) is 25.2 Å². The van der Waals surface area contributed by atoms with Crippen LogP contribution in [0.4, 0.5) is 10.1 Å². The van der Waals surface area contributed by atoms with Crippen LogP contribution in [0.5, 0.6) is 5.75 Å². The summed E-state index contributed by atoms with van der Waals surface area (Å²) in [6.07, 6.45) is 3.09. The number of aryl methyl sites for hydroxylation is 1. The van der Waals surface area contributed by atoms with Gasteiger partial charge in [0.2, 0.25) is 0 Å². The largest absolute Gasteiger partial charge is 0.496 e. The number of furan rings is 1. The van der Waals surface area contributed by atoms with Gasteiger partial charge < -0.3 is 14.1 Å². The molecule has 0 bridgehead atoms. The third-order valence-electron chi connectivity index (χ3n) is 5.75. The summed E-state index contributed by atoms with van der Waals surface area (Å²) in [5.41, 5.74) is 5.94. The fraction of sp³-hybridized carbons (Fsp3) is 0.280. The first kappa shape index (κ1) is 22.5. The van der Waals surface area contributed by atoms with Crippen molar-refractivity contribution in [3.05, 3.63) is 83.1 Å². The van der Waals surface area contributed by atoms with Gasteiger partial charge in [-0.15, -0.1) is 0 Å². The van der Waals surface area contributed by atoms with E-state index in [1.165, 1.54) is 18.4 Å². The van der Waals surface area contributed by atoms with Crippen molar-refractivity contribution >= 4 is 17.8 Å². The van der Waals surface area contributed by atoms with Gasteiger partial charge in [0.15, 0.2) is 0 Å². The maximum Gasteiger partial charge on any atom is 0.274 e. The molecule has 2 heterocycles. The highest BCUT2D eigenvalue weighted by atomic mass is 19.1. The minimum Gasteiger partial charge on any atom is -0.496 e. The van der Waals surface area contributed by atoms with Crippen LogP contribution in [0.3, 0.4) is 0 Å². The second-order valence-electron chi connectivity index (χ2n) is 7.90. The number of rotatable bonds is 7. The van der Waals surface area contributed by atoms with E-state index in [9.17, 15) is 9.18 Å². The predicted octanol–water partition coefficient (Wildman–Crippen LogP) is 3.82. The van der Waals surface area contributed by atoms with E-state index in [-0.39, 0.29) is 11.7 Å². The molecule has 0 saturated carbocycles. The van der Waals surface area contributed by atoms with E-state index >= 15 is 0 Å². The van der Waals surface area contributed by atoms with Crippen molar-refractivity contribution in [1.82, 2.24) is 10.3 Å². The third-order valence-corrected chi connectivity index (χ3v) is 5.75. The summed E-state index contributed by atoms with van der Waals surface area (Å²) in [6.45, 7) is 5.98. The summed E-state index contributed by atoms with van der Waals surface area (Å²) in [4.78, 5) is 16.8. The third kappa shape index (κ3) is 5.59. The number of hydrazone groups is 1. The van der Waals surface area contributed by atoms with Crippen LogP contribution in [0.15, 0.2) is 64.3 Å². The van der Waals surface area contributed by atoms with Gasteiger partial charge in [-0.25, -0.2) is 9.82 Å². The number of anilines is 1. The molecular weight excluding hydrogens is 423 g/mol. The average molecular weight is 451 g/mol. The quantitative estimate of drug-likeness (QED) is 0.438. The maximum atomic E-state index is 13.2. The second-order valence-corrected chi connectivity index (χ2v) is 7.90. The highest BCUT2D eigenvalue weighted by Crippen LogP contribution is 2.23. The van der Waals surface area contributed by atoms with E-state index in [0.29, 0.717) is 11.3 Å². The van der Waals surface area contributed by atoms with Crippen LogP contribution in [0.25, 0.3) is 0 Å². The molecule has 1 N–H and O–H groups in total. The fourth-order valence-electron chi connectivity index (χ4n) is 3.91. The van der Waals surface area contributed by atoms with Crippen molar-refractivity contribution in [2.24, 2.45) is 5.10 Å². The van der Waals surface area contributed by atoms with Crippen molar-refractivity contribution in [3.8, 4) is 5.75 Å². The summed E-state index contributed by atoms with van der Waals surface area (Å²) in [5.74, 6) is 0.828. The van der Waals surface area contributed by atoms with Crippen LogP contribution in [0.1, 0.15) is 27.2 Å².